The molecule has 0 fully saturated rings. The van der Waals surface area contributed by atoms with Crippen LogP contribution in [0.15, 0.2) is 52.4 Å². The first-order valence-corrected chi connectivity index (χ1v) is 9.67. The third-order valence-electron chi connectivity index (χ3n) is 3.98. The summed E-state index contributed by atoms with van der Waals surface area (Å²) in [4.78, 5) is 27.2. The number of hydrogen-bond acceptors (Lipinski definition) is 7. The molecule has 1 heterocycles. The number of aromatic amines is 1. The smallest absolute Gasteiger partial charge is 0.278 e. The lowest BCUT2D eigenvalue weighted by Gasteiger charge is -2.09. The number of nitrogens with zero attached hydrogens (tertiary/aromatic N) is 2. The maximum Gasteiger partial charge on any atom is 0.278 e. The van der Waals surface area contributed by atoms with Crippen LogP contribution in [0.1, 0.15) is 5.56 Å². The second-order valence-electron chi connectivity index (χ2n) is 6.11. The third kappa shape index (κ3) is 5.35. The van der Waals surface area contributed by atoms with Crippen LogP contribution in [0.2, 0.25) is 0 Å². The first kappa shape index (κ1) is 20.4. The van der Waals surface area contributed by atoms with Gasteiger partial charge in [-0.25, -0.2) is 0 Å². The minimum Gasteiger partial charge on any atom is -0.497 e. The Bertz CT molecular complexity index is 1040. The summed E-state index contributed by atoms with van der Waals surface area (Å²) in [6.07, 6.45) is 0. The fraction of sp³-hybridized carbons (Fsp3) is 0.200. The molecule has 0 atom stereocenters. The lowest BCUT2D eigenvalue weighted by atomic mass is 10.1. The number of hydrogen-bond donors (Lipinski definition) is 2. The van der Waals surface area contributed by atoms with E-state index in [1.807, 2.05) is 31.2 Å². The number of nitrogens with one attached hydrogen (secondary N) is 2. The van der Waals surface area contributed by atoms with Crippen molar-refractivity contribution in [3.05, 3.63) is 58.4 Å². The van der Waals surface area contributed by atoms with Gasteiger partial charge in [-0.2, -0.15) is 0 Å². The Labute approximate surface area is 171 Å². The predicted molar refractivity (Wildman–Crippen MR) is 112 cm³/mol. The molecule has 3 rings (SSSR count). The second kappa shape index (κ2) is 9.24. The number of thioether (sulfide) groups is 1. The quantitative estimate of drug-likeness (QED) is 0.575. The van der Waals surface area contributed by atoms with E-state index in [2.05, 4.69) is 20.5 Å². The molecular weight excluding hydrogens is 392 g/mol. The van der Waals surface area contributed by atoms with Crippen molar-refractivity contribution in [2.75, 3.05) is 25.3 Å². The number of ether oxygens (including phenoxy) is 2. The number of rotatable bonds is 7. The highest BCUT2D eigenvalue weighted by molar-refractivity contribution is 7.99. The van der Waals surface area contributed by atoms with Crippen molar-refractivity contribution >= 4 is 23.4 Å². The van der Waals surface area contributed by atoms with E-state index in [9.17, 15) is 9.59 Å². The van der Waals surface area contributed by atoms with Gasteiger partial charge in [-0.05, 0) is 6.92 Å². The average Bonchev–Trinajstić information content (AvgIpc) is 2.73. The maximum absolute atomic E-state index is 12.3. The topological polar surface area (TPSA) is 106 Å². The van der Waals surface area contributed by atoms with E-state index in [0.717, 1.165) is 17.3 Å². The van der Waals surface area contributed by atoms with Crippen LogP contribution in [0.3, 0.4) is 0 Å². The number of aromatic nitrogens is 3. The van der Waals surface area contributed by atoms with Crippen molar-refractivity contribution in [3.8, 4) is 22.8 Å². The minimum atomic E-state index is -0.357. The molecule has 2 aromatic carbocycles. The Kier molecular flexibility index (Phi) is 6.50. The number of anilines is 1. The zero-order valence-electron chi connectivity index (χ0n) is 16.2. The SMILES string of the molecule is COc1cc(NC(=O)CSc2nnc(-c3ccc(C)cc3)c(=O)[nH]2)cc(OC)c1. The van der Waals surface area contributed by atoms with Crippen LogP contribution in [-0.4, -0.2) is 41.1 Å². The molecule has 0 bridgehead atoms. The zero-order chi connectivity index (χ0) is 20.8. The van der Waals surface area contributed by atoms with E-state index < -0.39 is 0 Å². The predicted octanol–water partition coefficient (Wildman–Crippen LogP) is 2.89. The van der Waals surface area contributed by atoms with Gasteiger partial charge in [0.15, 0.2) is 10.9 Å². The van der Waals surface area contributed by atoms with Crippen molar-refractivity contribution < 1.29 is 14.3 Å². The third-order valence-corrected chi connectivity index (χ3v) is 4.84. The van der Waals surface area contributed by atoms with Crippen molar-refractivity contribution in [3.63, 3.8) is 0 Å². The molecule has 0 aliphatic heterocycles. The average molecular weight is 412 g/mol. The van der Waals surface area contributed by atoms with Gasteiger partial charge in [-0.1, -0.05) is 41.6 Å². The molecule has 0 radical (unpaired) electrons. The number of benzene rings is 2. The highest BCUT2D eigenvalue weighted by atomic mass is 32.2. The van der Waals surface area contributed by atoms with Crippen LogP contribution in [0, 0.1) is 6.92 Å². The molecule has 0 saturated heterocycles. The van der Waals surface area contributed by atoms with Crippen LogP contribution < -0.4 is 20.3 Å². The summed E-state index contributed by atoms with van der Waals surface area (Å²) in [5.41, 5.74) is 2.20. The lowest BCUT2D eigenvalue weighted by molar-refractivity contribution is -0.113. The van der Waals surface area contributed by atoms with Crippen LogP contribution in [-0.2, 0) is 4.79 Å². The largest absolute Gasteiger partial charge is 0.497 e. The van der Waals surface area contributed by atoms with Gasteiger partial charge in [0.1, 0.15) is 11.5 Å². The van der Waals surface area contributed by atoms with E-state index in [4.69, 9.17) is 9.47 Å². The highest BCUT2D eigenvalue weighted by Gasteiger charge is 2.11. The monoisotopic (exact) mass is 412 g/mol. The number of H-pyrrole nitrogens is 1. The van der Waals surface area contributed by atoms with E-state index in [-0.39, 0.29) is 28.1 Å². The van der Waals surface area contributed by atoms with Crippen molar-refractivity contribution in [1.82, 2.24) is 15.2 Å². The molecule has 29 heavy (non-hydrogen) atoms. The Morgan fingerprint density at radius 3 is 2.31 bits per heavy atom. The summed E-state index contributed by atoms with van der Waals surface area (Å²) in [6, 6.07) is 12.5. The van der Waals surface area contributed by atoms with E-state index >= 15 is 0 Å². The Balaban J connectivity index is 1.64. The Morgan fingerprint density at radius 2 is 1.72 bits per heavy atom. The molecule has 0 saturated carbocycles. The van der Waals surface area contributed by atoms with E-state index in [1.165, 1.54) is 14.2 Å². The van der Waals surface area contributed by atoms with Crippen LogP contribution in [0.25, 0.3) is 11.3 Å². The molecule has 3 aromatic rings. The number of carbonyl (C=O) groups is 1. The van der Waals surface area contributed by atoms with Gasteiger partial charge in [0, 0.05) is 29.4 Å². The van der Waals surface area contributed by atoms with Gasteiger partial charge in [0.05, 0.1) is 20.0 Å². The normalized spacial score (nSPS) is 10.4. The number of amides is 1. The van der Waals surface area contributed by atoms with Gasteiger partial charge < -0.3 is 14.8 Å². The van der Waals surface area contributed by atoms with Crippen LogP contribution in [0.4, 0.5) is 5.69 Å². The summed E-state index contributed by atoms with van der Waals surface area (Å²) in [6.45, 7) is 1.96. The molecule has 150 valence electrons. The molecule has 1 aromatic heterocycles. The number of methoxy groups -OCH3 is 2. The van der Waals surface area contributed by atoms with E-state index in [0.29, 0.717) is 22.7 Å². The van der Waals surface area contributed by atoms with Crippen molar-refractivity contribution in [2.45, 2.75) is 12.1 Å². The van der Waals surface area contributed by atoms with Crippen molar-refractivity contribution in [1.29, 1.82) is 0 Å². The summed E-state index contributed by atoms with van der Waals surface area (Å²) in [7, 11) is 3.07. The van der Waals surface area contributed by atoms with Gasteiger partial charge in [-0.15, -0.1) is 10.2 Å². The fourth-order valence-corrected chi connectivity index (χ4v) is 3.10. The summed E-state index contributed by atoms with van der Waals surface area (Å²) in [5.74, 6) is 0.910. The molecule has 9 heteroatoms. The molecule has 0 aliphatic rings. The van der Waals surface area contributed by atoms with Crippen molar-refractivity contribution in [2.24, 2.45) is 0 Å². The minimum absolute atomic E-state index is 0.0496. The summed E-state index contributed by atoms with van der Waals surface area (Å²) < 4.78 is 10.4. The highest BCUT2D eigenvalue weighted by Crippen LogP contribution is 2.26. The Hall–Kier alpha value is -3.33. The van der Waals surface area contributed by atoms with Gasteiger partial charge in [-0.3, -0.25) is 14.6 Å². The lowest BCUT2D eigenvalue weighted by Crippen LogP contribution is -2.17. The van der Waals surface area contributed by atoms with Crippen LogP contribution >= 0.6 is 11.8 Å². The maximum atomic E-state index is 12.3. The Morgan fingerprint density at radius 1 is 1.07 bits per heavy atom. The summed E-state index contributed by atoms with van der Waals surface area (Å²) in [5, 5.41) is 11.0. The zero-order valence-corrected chi connectivity index (χ0v) is 17.0. The molecule has 8 nitrogen and oxygen atoms in total. The summed E-state index contributed by atoms with van der Waals surface area (Å²) >= 11 is 1.08. The molecule has 0 unspecified atom stereocenters. The van der Waals surface area contributed by atoms with E-state index in [1.54, 1.807) is 18.2 Å². The molecule has 1 amide bonds. The standard InChI is InChI=1S/C20H20N4O4S/c1-12-4-6-13(7-5-12)18-19(26)22-20(24-23-18)29-11-17(25)21-14-8-15(27-2)10-16(9-14)28-3/h4-10H,11H2,1-3H3,(H,21,25)(H,22,24,26). The molecular formula is C20H20N4O4S. The number of carbonyl (C=O) groups excluding carboxylic acids is 1. The molecule has 2 N–H and O–H groups in total. The fourth-order valence-electron chi connectivity index (χ4n) is 2.50. The van der Waals surface area contributed by atoms with Gasteiger partial charge >= 0.3 is 0 Å². The molecule has 0 aliphatic carbocycles. The molecule has 0 spiro atoms. The van der Waals surface area contributed by atoms with Gasteiger partial charge in [0.2, 0.25) is 5.91 Å². The second-order valence-corrected chi connectivity index (χ2v) is 7.08. The first-order chi connectivity index (χ1) is 14.0. The van der Waals surface area contributed by atoms with Crippen LogP contribution in [0.5, 0.6) is 11.5 Å². The van der Waals surface area contributed by atoms with Gasteiger partial charge in [0.25, 0.3) is 5.56 Å². The first-order valence-electron chi connectivity index (χ1n) is 8.68. The number of aryl methyl sites for hydroxylation is 1.